The highest BCUT2D eigenvalue weighted by Gasteiger charge is 2.29. The van der Waals surface area contributed by atoms with Crippen LogP contribution in [-0.4, -0.2) is 85.6 Å². The second-order valence-electron chi connectivity index (χ2n) is 7.90. The predicted molar refractivity (Wildman–Crippen MR) is 109 cm³/mol. The number of hydrogen-bond donors (Lipinski definition) is 0. The Kier molecular flexibility index (Phi) is 6.88. The van der Waals surface area contributed by atoms with Crippen LogP contribution in [0, 0.1) is 5.92 Å². The lowest BCUT2D eigenvalue weighted by molar-refractivity contribution is -0.134. The van der Waals surface area contributed by atoms with Gasteiger partial charge in [-0.3, -0.25) is 4.79 Å². The molecular weight excluding hydrogens is 340 g/mol. The van der Waals surface area contributed by atoms with Crippen LogP contribution in [0.1, 0.15) is 32.6 Å². The zero-order valence-electron chi connectivity index (χ0n) is 17.1. The highest BCUT2D eigenvalue weighted by Crippen LogP contribution is 2.31. The van der Waals surface area contributed by atoms with Crippen molar-refractivity contribution in [1.82, 2.24) is 19.8 Å². The number of piperidine rings is 1. The molecule has 1 aromatic rings. The average Bonchev–Trinajstić information content (AvgIpc) is 2.72. The minimum atomic E-state index is 0.153. The van der Waals surface area contributed by atoms with Crippen molar-refractivity contribution in [3.8, 4) is 0 Å². The summed E-state index contributed by atoms with van der Waals surface area (Å²) in [6, 6.07) is 0. The molecule has 0 saturated carbocycles. The van der Waals surface area contributed by atoms with E-state index in [1.807, 2.05) is 18.1 Å². The monoisotopic (exact) mass is 374 g/mol. The Hall–Kier alpha value is -1.89. The van der Waals surface area contributed by atoms with Gasteiger partial charge in [0.1, 0.15) is 6.33 Å². The Bertz CT molecular complexity index is 608. The molecule has 7 nitrogen and oxygen atoms in total. The van der Waals surface area contributed by atoms with Crippen molar-refractivity contribution in [2.75, 3.05) is 69.7 Å². The van der Waals surface area contributed by atoms with Gasteiger partial charge in [-0.1, -0.05) is 13.3 Å². The summed E-state index contributed by atoms with van der Waals surface area (Å²) in [7, 11) is 4.11. The molecular formula is C20H34N6O. The SMILES string of the molecule is CCCCN(C)C(=O)C1CCN(c2cncnc2N2CCN(C)CC2)CC1. The van der Waals surface area contributed by atoms with Gasteiger partial charge in [0.15, 0.2) is 5.82 Å². The first-order valence-corrected chi connectivity index (χ1v) is 10.3. The predicted octanol–water partition coefficient (Wildman–Crippen LogP) is 1.70. The molecule has 2 saturated heterocycles. The molecule has 3 rings (SSSR count). The number of likely N-dealkylation sites (N-methyl/N-ethyl adjacent to an activating group) is 1. The van der Waals surface area contributed by atoms with Gasteiger partial charge in [0.05, 0.1) is 11.9 Å². The molecule has 2 aliphatic heterocycles. The van der Waals surface area contributed by atoms with E-state index >= 15 is 0 Å². The second kappa shape index (κ2) is 9.35. The number of piperazine rings is 1. The fraction of sp³-hybridized carbons (Fsp3) is 0.750. The number of carbonyl (C=O) groups excluding carboxylic acids is 1. The molecule has 0 radical (unpaired) electrons. The summed E-state index contributed by atoms with van der Waals surface area (Å²) in [4.78, 5) is 30.5. The van der Waals surface area contributed by atoms with Crippen LogP contribution in [0.15, 0.2) is 12.5 Å². The molecule has 0 N–H and O–H groups in total. The lowest BCUT2D eigenvalue weighted by atomic mass is 9.95. The first kappa shape index (κ1) is 19.9. The summed E-state index contributed by atoms with van der Waals surface area (Å²) in [6.07, 6.45) is 7.61. The Morgan fingerprint density at radius 1 is 1.15 bits per heavy atom. The van der Waals surface area contributed by atoms with E-state index in [0.717, 1.165) is 83.0 Å². The maximum absolute atomic E-state index is 12.7. The number of hydrogen-bond acceptors (Lipinski definition) is 6. The highest BCUT2D eigenvalue weighted by atomic mass is 16.2. The van der Waals surface area contributed by atoms with E-state index < -0.39 is 0 Å². The normalized spacial score (nSPS) is 19.4. The van der Waals surface area contributed by atoms with E-state index in [-0.39, 0.29) is 5.92 Å². The second-order valence-corrected chi connectivity index (χ2v) is 7.90. The summed E-state index contributed by atoms with van der Waals surface area (Å²) >= 11 is 0. The number of unbranched alkanes of at least 4 members (excludes halogenated alkanes) is 1. The maximum Gasteiger partial charge on any atom is 0.225 e. The number of carbonyl (C=O) groups is 1. The third-order valence-electron chi connectivity index (χ3n) is 5.88. The number of anilines is 2. The number of rotatable bonds is 6. The number of amides is 1. The van der Waals surface area contributed by atoms with Gasteiger partial charge in [-0.05, 0) is 26.3 Å². The Morgan fingerprint density at radius 2 is 1.85 bits per heavy atom. The zero-order chi connectivity index (χ0) is 19.2. The Morgan fingerprint density at radius 3 is 2.52 bits per heavy atom. The minimum Gasteiger partial charge on any atom is -0.367 e. The van der Waals surface area contributed by atoms with Crippen LogP contribution in [0.4, 0.5) is 11.5 Å². The highest BCUT2D eigenvalue weighted by molar-refractivity contribution is 5.79. The molecule has 0 bridgehead atoms. The quantitative estimate of drug-likeness (QED) is 0.756. The molecule has 7 heteroatoms. The van der Waals surface area contributed by atoms with Crippen LogP contribution in [0.25, 0.3) is 0 Å². The van der Waals surface area contributed by atoms with Gasteiger partial charge >= 0.3 is 0 Å². The van der Waals surface area contributed by atoms with Crippen LogP contribution >= 0.6 is 0 Å². The number of aromatic nitrogens is 2. The van der Waals surface area contributed by atoms with Crippen LogP contribution < -0.4 is 9.80 Å². The van der Waals surface area contributed by atoms with E-state index in [2.05, 4.69) is 38.6 Å². The largest absolute Gasteiger partial charge is 0.367 e. The van der Waals surface area contributed by atoms with Gasteiger partial charge in [0.2, 0.25) is 5.91 Å². The summed E-state index contributed by atoms with van der Waals surface area (Å²) in [5, 5.41) is 0. The molecule has 0 aliphatic carbocycles. The molecule has 2 aliphatic rings. The molecule has 1 amide bonds. The van der Waals surface area contributed by atoms with Gasteiger partial charge in [0, 0.05) is 58.8 Å². The fourth-order valence-electron chi connectivity index (χ4n) is 3.99. The maximum atomic E-state index is 12.7. The lowest BCUT2D eigenvalue weighted by Crippen LogP contribution is -2.46. The zero-order valence-corrected chi connectivity index (χ0v) is 17.1. The van der Waals surface area contributed by atoms with E-state index in [1.165, 1.54) is 0 Å². The van der Waals surface area contributed by atoms with Crippen LogP contribution in [0.2, 0.25) is 0 Å². The lowest BCUT2D eigenvalue weighted by Gasteiger charge is -2.38. The van der Waals surface area contributed by atoms with Crippen LogP contribution in [0.5, 0.6) is 0 Å². The first-order chi connectivity index (χ1) is 13.1. The van der Waals surface area contributed by atoms with Gasteiger partial charge < -0.3 is 19.6 Å². The van der Waals surface area contributed by atoms with Gasteiger partial charge in [-0.15, -0.1) is 0 Å². The summed E-state index contributed by atoms with van der Waals surface area (Å²) in [5.41, 5.74) is 1.12. The van der Waals surface area contributed by atoms with Gasteiger partial charge in [-0.25, -0.2) is 9.97 Å². The summed E-state index contributed by atoms with van der Waals surface area (Å²) < 4.78 is 0. The standard InChI is InChI=1S/C20H34N6O/c1-4-5-8-24(3)20(27)17-6-9-25(10-7-17)18-15-21-16-22-19(18)26-13-11-23(2)12-14-26/h15-17H,4-14H2,1-3H3. The van der Waals surface area contributed by atoms with E-state index in [0.29, 0.717) is 5.91 Å². The van der Waals surface area contributed by atoms with E-state index in [4.69, 9.17) is 0 Å². The molecule has 0 unspecified atom stereocenters. The molecule has 0 aromatic carbocycles. The third kappa shape index (κ3) is 4.89. The molecule has 2 fully saturated rings. The molecule has 3 heterocycles. The molecule has 150 valence electrons. The van der Waals surface area contributed by atoms with E-state index in [1.54, 1.807) is 6.33 Å². The van der Waals surface area contributed by atoms with Crippen molar-refractivity contribution in [2.45, 2.75) is 32.6 Å². The summed E-state index contributed by atoms with van der Waals surface area (Å²) in [5.74, 6) is 1.51. The van der Waals surface area contributed by atoms with Crippen molar-refractivity contribution < 1.29 is 4.79 Å². The van der Waals surface area contributed by atoms with E-state index in [9.17, 15) is 4.79 Å². The minimum absolute atomic E-state index is 0.153. The van der Waals surface area contributed by atoms with Crippen LogP contribution in [0.3, 0.4) is 0 Å². The smallest absolute Gasteiger partial charge is 0.225 e. The van der Waals surface area contributed by atoms with Crippen molar-refractivity contribution in [2.24, 2.45) is 5.92 Å². The molecule has 1 aromatic heterocycles. The first-order valence-electron chi connectivity index (χ1n) is 10.3. The van der Waals surface area contributed by atoms with Crippen molar-refractivity contribution in [1.29, 1.82) is 0 Å². The third-order valence-corrected chi connectivity index (χ3v) is 5.88. The fourth-order valence-corrected chi connectivity index (χ4v) is 3.99. The molecule has 27 heavy (non-hydrogen) atoms. The van der Waals surface area contributed by atoms with Gasteiger partial charge in [-0.2, -0.15) is 0 Å². The Balaban J connectivity index is 1.61. The van der Waals surface area contributed by atoms with Crippen molar-refractivity contribution in [3.05, 3.63) is 12.5 Å². The van der Waals surface area contributed by atoms with Gasteiger partial charge in [0.25, 0.3) is 0 Å². The van der Waals surface area contributed by atoms with Crippen LogP contribution in [-0.2, 0) is 4.79 Å². The Labute approximate surface area is 163 Å². The average molecular weight is 375 g/mol. The molecule has 0 atom stereocenters. The number of nitrogens with zero attached hydrogens (tertiary/aromatic N) is 6. The summed E-state index contributed by atoms with van der Waals surface area (Å²) in [6.45, 7) is 8.94. The van der Waals surface area contributed by atoms with Crippen molar-refractivity contribution >= 4 is 17.4 Å². The topological polar surface area (TPSA) is 55.8 Å². The van der Waals surface area contributed by atoms with Crippen molar-refractivity contribution in [3.63, 3.8) is 0 Å². The molecule has 0 spiro atoms.